The van der Waals surface area contributed by atoms with Crippen molar-refractivity contribution in [3.8, 4) is 0 Å². The first-order chi connectivity index (χ1) is 11.7. The van der Waals surface area contributed by atoms with Gasteiger partial charge < -0.3 is 0 Å². The van der Waals surface area contributed by atoms with E-state index in [1.165, 1.54) is 48.2 Å². The third-order valence-corrected chi connectivity index (χ3v) is 5.06. The Morgan fingerprint density at radius 2 is 1.54 bits per heavy atom. The van der Waals surface area contributed by atoms with E-state index in [1.807, 2.05) is 12.4 Å². The summed E-state index contributed by atoms with van der Waals surface area (Å²) in [5.41, 5.74) is 5.61. The van der Waals surface area contributed by atoms with Crippen LogP contribution in [0.5, 0.6) is 0 Å². The lowest BCUT2D eigenvalue weighted by Crippen LogP contribution is -2.18. The highest BCUT2D eigenvalue weighted by Gasteiger charge is 2.12. The molecule has 0 N–H and O–H groups in total. The zero-order valence-corrected chi connectivity index (χ0v) is 15.2. The Balaban J connectivity index is 1.52. The van der Waals surface area contributed by atoms with Gasteiger partial charge in [0.25, 0.3) is 0 Å². The van der Waals surface area contributed by atoms with Crippen molar-refractivity contribution in [1.82, 2.24) is 9.88 Å². The predicted molar refractivity (Wildman–Crippen MR) is 101 cm³/mol. The molecule has 1 atom stereocenters. The van der Waals surface area contributed by atoms with Gasteiger partial charge in [0.05, 0.1) is 0 Å². The summed E-state index contributed by atoms with van der Waals surface area (Å²) in [6.07, 6.45) is 10.0. The minimum atomic E-state index is 0.642. The highest BCUT2D eigenvalue weighted by atomic mass is 15.1. The lowest BCUT2D eigenvalue weighted by molar-refractivity contribution is 0.331. The molecular weight excluding hydrogens is 292 g/mol. The van der Waals surface area contributed by atoms with E-state index in [1.54, 1.807) is 0 Å². The number of likely N-dealkylation sites (tertiary alicyclic amines) is 1. The van der Waals surface area contributed by atoms with E-state index < -0.39 is 0 Å². The van der Waals surface area contributed by atoms with Gasteiger partial charge in [-0.15, -0.1) is 0 Å². The average Bonchev–Trinajstić information content (AvgIpc) is 3.10. The van der Waals surface area contributed by atoms with Gasteiger partial charge in [-0.1, -0.05) is 44.2 Å². The maximum atomic E-state index is 4.37. The second-order valence-electron chi connectivity index (χ2n) is 7.37. The molecule has 0 amide bonds. The van der Waals surface area contributed by atoms with Crippen molar-refractivity contribution in [2.24, 2.45) is 5.92 Å². The minimum absolute atomic E-state index is 0.642. The summed E-state index contributed by atoms with van der Waals surface area (Å²) in [6, 6.07) is 11.6. The SMILES string of the molecule is CCc1cncc(CC(C)Cc2ccc(CN3CCCC3)cc2)c1. The zero-order chi connectivity index (χ0) is 16.8. The molecule has 1 aliphatic heterocycles. The van der Waals surface area contributed by atoms with E-state index in [-0.39, 0.29) is 0 Å². The lowest BCUT2D eigenvalue weighted by Gasteiger charge is -2.15. The first kappa shape index (κ1) is 17.2. The molecule has 1 aliphatic rings. The maximum Gasteiger partial charge on any atom is 0.0300 e. The molecule has 2 aromatic rings. The van der Waals surface area contributed by atoms with Gasteiger partial charge in [0.2, 0.25) is 0 Å². The normalized spacial score (nSPS) is 16.4. The summed E-state index contributed by atoms with van der Waals surface area (Å²) in [6.45, 7) is 8.18. The van der Waals surface area contributed by atoms with Crippen LogP contribution in [0.3, 0.4) is 0 Å². The fraction of sp³-hybridized carbons (Fsp3) is 0.500. The molecule has 0 bridgehead atoms. The minimum Gasteiger partial charge on any atom is -0.299 e. The maximum absolute atomic E-state index is 4.37. The topological polar surface area (TPSA) is 16.1 Å². The summed E-state index contributed by atoms with van der Waals surface area (Å²) >= 11 is 0. The fourth-order valence-corrected chi connectivity index (χ4v) is 3.70. The molecule has 2 nitrogen and oxygen atoms in total. The highest BCUT2D eigenvalue weighted by Crippen LogP contribution is 2.17. The molecule has 1 aromatic heterocycles. The van der Waals surface area contributed by atoms with Crippen LogP contribution in [-0.2, 0) is 25.8 Å². The van der Waals surface area contributed by atoms with E-state index in [9.17, 15) is 0 Å². The molecule has 0 spiro atoms. The number of hydrogen-bond acceptors (Lipinski definition) is 2. The van der Waals surface area contributed by atoms with E-state index in [2.05, 4.69) is 54.1 Å². The summed E-state index contributed by atoms with van der Waals surface area (Å²) < 4.78 is 0. The Labute approximate surface area is 146 Å². The molecule has 1 unspecified atom stereocenters. The van der Waals surface area contributed by atoms with Crippen molar-refractivity contribution < 1.29 is 0 Å². The van der Waals surface area contributed by atoms with E-state index in [0.717, 1.165) is 25.8 Å². The monoisotopic (exact) mass is 322 g/mol. The molecule has 24 heavy (non-hydrogen) atoms. The molecular formula is C22H30N2. The first-order valence-corrected chi connectivity index (χ1v) is 9.46. The third kappa shape index (κ3) is 4.91. The van der Waals surface area contributed by atoms with Crippen LogP contribution in [0.1, 0.15) is 48.9 Å². The van der Waals surface area contributed by atoms with Crippen LogP contribution >= 0.6 is 0 Å². The summed E-state index contributed by atoms with van der Waals surface area (Å²) in [4.78, 5) is 6.93. The number of pyridine rings is 1. The van der Waals surface area contributed by atoms with Crippen molar-refractivity contribution in [2.45, 2.75) is 52.5 Å². The summed E-state index contributed by atoms with van der Waals surface area (Å²) in [5.74, 6) is 0.642. The van der Waals surface area contributed by atoms with Crippen LogP contribution in [0.2, 0.25) is 0 Å². The van der Waals surface area contributed by atoms with Crippen molar-refractivity contribution in [3.63, 3.8) is 0 Å². The number of nitrogens with zero attached hydrogens (tertiary/aromatic N) is 2. The number of aryl methyl sites for hydroxylation is 1. The second kappa shape index (κ2) is 8.43. The Morgan fingerprint density at radius 3 is 2.25 bits per heavy atom. The molecule has 2 heterocycles. The Morgan fingerprint density at radius 1 is 0.917 bits per heavy atom. The fourth-order valence-electron chi connectivity index (χ4n) is 3.70. The second-order valence-corrected chi connectivity index (χ2v) is 7.37. The first-order valence-electron chi connectivity index (χ1n) is 9.46. The molecule has 2 heteroatoms. The van der Waals surface area contributed by atoms with E-state index >= 15 is 0 Å². The molecule has 128 valence electrons. The number of benzene rings is 1. The lowest BCUT2D eigenvalue weighted by atomic mass is 9.94. The van der Waals surface area contributed by atoms with Crippen LogP contribution < -0.4 is 0 Å². The van der Waals surface area contributed by atoms with Gasteiger partial charge in [-0.3, -0.25) is 9.88 Å². The van der Waals surface area contributed by atoms with Crippen molar-refractivity contribution in [2.75, 3.05) is 13.1 Å². The number of hydrogen-bond donors (Lipinski definition) is 0. The largest absolute Gasteiger partial charge is 0.299 e. The van der Waals surface area contributed by atoms with Crippen LogP contribution in [0.25, 0.3) is 0 Å². The van der Waals surface area contributed by atoms with Crippen molar-refractivity contribution >= 4 is 0 Å². The molecule has 1 saturated heterocycles. The van der Waals surface area contributed by atoms with Gasteiger partial charge in [-0.25, -0.2) is 0 Å². The molecule has 0 radical (unpaired) electrons. The van der Waals surface area contributed by atoms with Gasteiger partial charge in [-0.2, -0.15) is 0 Å². The quantitative estimate of drug-likeness (QED) is 0.737. The van der Waals surface area contributed by atoms with Gasteiger partial charge >= 0.3 is 0 Å². The van der Waals surface area contributed by atoms with Gasteiger partial charge in [0.1, 0.15) is 0 Å². The van der Waals surface area contributed by atoms with E-state index in [4.69, 9.17) is 0 Å². The number of rotatable bonds is 7. The van der Waals surface area contributed by atoms with Gasteiger partial charge in [0, 0.05) is 18.9 Å². The van der Waals surface area contributed by atoms with Crippen LogP contribution in [0.4, 0.5) is 0 Å². The molecule has 0 aliphatic carbocycles. The smallest absolute Gasteiger partial charge is 0.0300 e. The predicted octanol–water partition coefficient (Wildman–Crippen LogP) is 4.66. The Bertz CT molecular complexity index is 627. The summed E-state index contributed by atoms with van der Waals surface area (Å²) in [5, 5.41) is 0. The molecule has 1 fully saturated rings. The third-order valence-electron chi connectivity index (χ3n) is 5.06. The van der Waals surface area contributed by atoms with Gasteiger partial charge in [0.15, 0.2) is 0 Å². The molecule has 1 aromatic carbocycles. The van der Waals surface area contributed by atoms with Gasteiger partial charge in [-0.05, 0) is 73.4 Å². The van der Waals surface area contributed by atoms with Crippen LogP contribution in [0, 0.1) is 5.92 Å². The molecule has 3 rings (SSSR count). The van der Waals surface area contributed by atoms with Crippen LogP contribution in [0.15, 0.2) is 42.7 Å². The highest BCUT2D eigenvalue weighted by molar-refractivity contribution is 5.24. The summed E-state index contributed by atoms with van der Waals surface area (Å²) in [7, 11) is 0. The Kier molecular flexibility index (Phi) is 6.03. The number of aromatic nitrogens is 1. The average molecular weight is 322 g/mol. The Hall–Kier alpha value is -1.67. The van der Waals surface area contributed by atoms with Crippen molar-refractivity contribution in [1.29, 1.82) is 0 Å². The van der Waals surface area contributed by atoms with Crippen LogP contribution in [-0.4, -0.2) is 23.0 Å². The zero-order valence-electron chi connectivity index (χ0n) is 15.2. The standard InChI is InChI=1S/C22H30N2/c1-3-19-14-22(16-23-15-19)13-18(2)12-20-6-8-21(9-7-20)17-24-10-4-5-11-24/h6-9,14-16,18H,3-5,10-13,17H2,1-2H3. The molecule has 0 saturated carbocycles. The van der Waals surface area contributed by atoms with E-state index in [0.29, 0.717) is 5.92 Å². The van der Waals surface area contributed by atoms with Crippen molar-refractivity contribution in [3.05, 3.63) is 65.0 Å².